The number of amides is 1. The Labute approximate surface area is 170 Å². The number of imidazole rings is 1. The molecule has 156 valence electrons. The molecule has 1 unspecified atom stereocenters. The fraction of sp³-hybridized carbons (Fsp3) is 0.500. The molecule has 29 heavy (non-hydrogen) atoms. The fourth-order valence-electron chi connectivity index (χ4n) is 3.57. The molecule has 1 N–H and O–H groups in total. The van der Waals surface area contributed by atoms with Crippen molar-refractivity contribution in [3.05, 3.63) is 52.5 Å². The molecular formula is C20H28N6O3. The number of piperazine rings is 1. The van der Waals surface area contributed by atoms with E-state index in [0.29, 0.717) is 18.9 Å². The van der Waals surface area contributed by atoms with Crippen molar-refractivity contribution in [3.63, 3.8) is 0 Å². The minimum absolute atomic E-state index is 0.0597. The first kappa shape index (κ1) is 20.8. The molecule has 0 bridgehead atoms. The van der Waals surface area contributed by atoms with E-state index in [1.54, 1.807) is 11.5 Å². The van der Waals surface area contributed by atoms with E-state index in [2.05, 4.69) is 51.3 Å². The Balaban J connectivity index is 1.39. The van der Waals surface area contributed by atoms with Crippen LogP contribution >= 0.6 is 0 Å². The first-order chi connectivity index (χ1) is 13.9. The molecule has 2 aromatic rings. The number of rotatable bonds is 8. The maximum absolute atomic E-state index is 12.2. The second-order valence-corrected chi connectivity index (χ2v) is 7.36. The smallest absolute Gasteiger partial charge is 0.369 e. The van der Waals surface area contributed by atoms with Crippen molar-refractivity contribution in [2.45, 2.75) is 32.9 Å². The predicted molar refractivity (Wildman–Crippen MR) is 111 cm³/mol. The number of aryl methyl sites for hydroxylation is 2. The molecule has 0 saturated carbocycles. The lowest BCUT2D eigenvalue weighted by atomic mass is 10.2. The van der Waals surface area contributed by atoms with E-state index >= 15 is 0 Å². The molecule has 2 heterocycles. The maximum Gasteiger partial charge on any atom is 0.381 e. The average Bonchev–Trinajstić information content (AvgIpc) is 3.12. The van der Waals surface area contributed by atoms with E-state index in [1.807, 2.05) is 6.07 Å². The number of aromatic nitrogens is 2. The zero-order valence-electron chi connectivity index (χ0n) is 17.0. The molecule has 1 aromatic heterocycles. The lowest BCUT2D eigenvalue weighted by Crippen LogP contribution is -2.52. The number of hydrogen-bond donors (Lipinski definition) is 1. The van der Waals surface area contributed by atoms with Gasteiger partial charge in [0.15, 0.2) is 0 Å². The van der Waals surface area contributed by atoms with Crippen LogP contribution in [0.4, 0.5) is 11.5 Å². The van der Waals surface area contributed by atoms with E-state index in [1.165, 1.54) is 11.9 Å². The molecule has 1 aromatic carbocycles. The third-order valence-corrected chi connectivity index (χ3v) is 5.38. The highest BCUT2D eigenvalue weighted by Crippen LogP contribution is 2.16. The number of carbonyl (C=O) groups is 1. The molecule has 1 aliphatic heterocycles. The minimum atomic E-state index is -0.525. The van der Waals surface area contributed by atoms with Crippen molar-refractivity contribution in [2.24, 2.45) is 0 Å². The molecule has 1 saturated heterocycles. The van der Waals surface area contributed by atoms with E-state index < -0.39 is 4.92 Å². The van der Waals surface area contributed by atoms with Crippen LogP contribution in [0.1, 0.15) is 19.2 Å². The summed E-state index contributed by atoms with van der Waals surface area (Å²) in [5, 5.41) is 13.8. The van der Waals surface area contributed by atoms with Crippen molar-refractivity contribution < 1.29 is 9.72 Å². The summed E-state index contributed by atoms with van der Waals surface area (Å²) in [6, 6.07) is 10.7. The topological polar surface area (TPSA) is 96.5 Å². The van der Waals surface area contributed by atoms with Gasteiger partial charge in [-0.25, -0.2) is 0 Å². The van der Waals surface area contributed by atoms with E-state index in [-0.39, 0.29) is 24.2 Å². The van der Waals surface area contributed by atoms with Crippen LogP contribution in [0.2, 0.25) is 0 Å². The summed E-state index contributed by atoms with van der Waals surface area (Å²) >= 11 is 0. The number of nitro groups is 1. The fourth-order valence-corrected chi connectivity index (χ4v) is 3.57. The van der Waals surface area contributed by atoms with Crippen molar-refractivity contribution in [1.29, 1.82) is 0 Å². The molecule has 0 radical (unpaired) electrons. The number of anilines is 1. The normalized spacial score (nSPS) is 15.9. The summed E-state index contributed by atoms with van der Waals surface area (Å²) in [6.07, 6.45) is 1.64. The maximum atomic E-state index is 12.2. The standard InChI is InChI=1S/C20H28N6O3/c1-16(23-10-12-24(13-11-23)18-6-4-3-5-7-18)14-21-20(27)8-9-25-15-19(26(28)29)22-17(25)2/h3-7,15-16H,8-14H2,1-2H3,(H,21,27). The van der Waals surface area contributed by atoms with Crippen molar-refractivity contribution in [3.8, 4) is 0 Å². The zero-order chi connectivity index (χ0) is 20.8. The van der Waals surface area contributed by atoms with Crippen LogP contribution in [0.5, 0.6) is 0 Å². The van der Waals surface area contributed by atoms with Crippen LogP contribution in [-0.4, -0.2) is 64.0 Å². The van der Waals surface area contributed by atoms with Crippen LogP contribution in [-0.2, 0) is 11.3 Å². The van der Waals surface area contributed by atoms with Crippen LogP contribution < -0.4 is 10.2 Å². The van der Waals surface area contributed by atoms with E-state index in [4.69, 9.17) is 0 Å². The minimum Gasteiger partial charge on any atom is -0.369 e. The second-order valence-electron chi connectivity index (χ2n) is 7.36. The van der Waals surface area contributed by atoms with Gasteiger partial charge < -0.3 is 24.9 Å². The average molecular weight is 400 g/mol. The van der Waals surface area contributed by atoms with E-state index in [0.717, 1.165) is 26.2 Å². The molecule has 9 heteroatoms. The lowest BCUT2D eigenvalue weighted by molar-refractivity contribution is -0.389. The summed E-state index contributed by atoms with van der Waals surface area (Å²) in [4.78, 5) is 31.1. The summed E-state index contributed by atoms with van der Waals surface area (Å²) in [5.74, 6) is 0.288. The molecule has 3 rings (SSSR count). The van der Waals surface area contributed by atoms with Crippen molar-refractivity contribution in [2.75, 3.05) is 37.6 Å². The summed E-state index contributed by atoms with van der Waals surface area (Å²) in [7, 11) is 0. The van der Waals surface area contributed by atoms with Gasteiger partial charge in [0.1, 0.15) is 6.20 Å². The predicted octanol–water partition coefficient (Wildman–Crippen LogP) is 1.82. The number of hydrogen-bond acceptors (Lipinski definition) is 6. The van der Waals surface area contributed by atoms with Gasteiger partial charge >= 0.3 is 5.82 Å². The van der Waals surface area contributed by atoms with Gasteiger partial charge in [0.25, 0.3) is 0 Å². The van der Waals surface area contributed by atoms with E-state index in [9.17, 15) is 14.9 Å². The monoisotopic (exact) mass is 400 g/mol. The zero-order valence-corrected chi connectivity index (χ0v) is 17.0. The third-order valence-electron chi connectivity index (χ3n) is 5.38. The number of benzene rings is 1. The number of para-hydroxylation sites is 1. The number of nitrogens with zero attached hydrogens (tertiary/aromatic N) is 5. The van der Waals surface area contributed by atoms with Gasteiger partial charge in [-0.1, -0.05) is 18.2 Å². The number of carbonyl (C=O) groups excluding carboxylic acids is 1. The van der Waals surface area contributed by atoms with Gasteiger partial charge in [0.2, 0.25) is 11.7 Å². The van der Waals surface area contributed by atoms with Gasteiger partial charge in [-0.3, -0.25) is 9.69 Å². The van der Waals surface area contributed by atoms with Gasteiger partial charge in [0, 0.05) is 64.3 Å². The molecule has 9 nitrogen and oxygen atoms in total. The van der Waals surface area contributed by atoms with Gasteiger partial charge in [0.05, 0.1) is 0 Å². The van der Waals surface area contributed by atoms with Crippen molar-refractivity contribution in [1.82, 2.24) is 19.8 Å². The molecule has 1 amide bonds. The highest BCUT2D eigenvalue weighted by atomic mass is 16.6. The summed E-state index contributed by atoms with van der Waals surface area (Å²) in [5.41, 5.74) is 1.25. The highest BCUT2D eigenvalue weighted by molar-refractivity contribution is 5.75. The number of nitrogens with one attached hydrogen (secondary N) is 1. The van der Waals surface area contributed by atoms with Gasteiger partial charge in [-0.15, -0.1) is 0 Å². The Morgan fingerprint density at radius 1 is 1.24 bits per heavy atom. The molecule has 1 aliphatic rings. The van der Waals surface area contributed by atoms with Crippen molar-refractivity contribution >= 4 is 17.4 Å². The first-order valence-electron chi connectivity index (χ1n) is 9.93. The Morgan fingerprint density at radius 2 is 1.93 bits per heavy atom. The van der Waals surface area contributed by atoms with Gasteiger partial charge in [-0.2, -0.15) is 0 Å². The van der Waals surface area contributed by atoms with Crippen LogP contribution in [0, 0.1) is 17.0 Å². The quantitative estimate of drug-likeness (QED) is 0.536. The van der Waals surface area contributed by atoms with Crippen LogP contribution in [0.15, 0.2) is 36.5 Å². The Bertz CT molecular complexity index is 830. The van der Waals surface area contributed by atoms with Crippen LogP contribution in [0.3, 0.4) is 0 Å². The largest absolute Gasteiger partial charge is 0.381 e. The lowest BCUT2D eigenvalue weighted by Gasteiger charge is -2.39. The molecule has 1 atom stereocenters. The highest BCUT2D eigenvalue weighted by Gasteiger charge is 2.21. The summed E-state index contributed by atoms with van der Waals surface area (Å²) in [6.45, 7) is 8.66. The molecule has 1 fully saturated rings. The van der Waals surface area contributed by atoms with Gasteiger partial charge in [-0.05, 0) is 29.0 Å². The molecule has 0 aliphatic carbocycles. The Morgan fingerprint density at radius 3 is 2.55 bits per heavy atom. The Kier molecular flexibility index (Phi) is 6.82. The second kappa shape index (κ2) is 9.51. The summed E-state index contributed by atoms with van der Waals surface area (Å²) < 4.78 is 1.64. The third kappa shape index (κ3) is 5.54. The molecule has 0 spiro atoms. The van der Waals surface area contributed by atoms with Crippen LogP contribution in [0.25, 0.3) is 0 Å². The SMILES string of the molecule is Cc1nc([N+](=O)[O-])cn1CCC(=O)NCC(C)N1CCN(c2ccccc2)CC1. The first-order valence-corrected chi connectivity index (χ1v) is 9.93. The molecular weight excluding hydrogens is 372 g/mol. The Hall–Kier alpha value is -2.94.